The van der Waals surface area contributed by atoms with Crippen LogP contribution in [0.5, 0.6) is 5.75 Å². The van der Waals surface area contributed by atoms with E-state index >= 15 is 0 Å². The predicted octanol–water partition coefficient (Wildman–Crippen LogP) is 6.20. The zero-order valence-electron chi connectivity index (χ0n) is 17.2. The molecule has 1 fully saturated rings. The summed E-state index contributed by atoms with van der Waals surface area (Å²) in [6.45, 7) is 0.134. The number of thiocarbonyl (C=S) groups is 1. The van der Waals surface area contributed by atoms with Crippen LogP contribution in [-0.2, 0) is 16.2 Å². The molecule has 0 spiro atoms. The predicted molar refractivity (Wildman–Crippen MR) is 135 cm³/mol. The van der Waals surface area contributed by atoms with Crippen molar-refractivity contribution in [2.45, 2.75) is 6.61 Å². The van der Waals surface area contributed by atoms with Gasteiger partial charge in [0.1, 0.15) is 18.0 Å². The smallest absolute Gasteiger partial charge is 0.270 e. The molecule has 2 amide bonds. The molecule has 1 aliphatic heterocycles. The van der Waals surface area contributed by atoms with Crippen LogP contribution in [-0.4, -0.2) is 16.9 Å². The molecule has 0 radical (unpaired) electrons. The molecule has 172 valence electrons. The van der Waals surface area contributed by atoms with Gasteiger partial charge in [0.2, 0.25) is 0 Å². The van der Waals surface area contributed by atoms with Crippen LogP contribution in [0, 0.1) is 5.82 Å². The summed E-state index contributed by atoms with van der Waals surface area (Å²) in [5.41, 5.74) is 0.757. The third kappa shape index (κ3) is 4.93. The number of rotatable bonds is 5. The van der Waals surface area contributed by atoms with Crippen LogP contribution in [0.3, 0.4) is 0 Å². The number of hydrogen-bond acceptors (Lipinski definition) is 4. The molecule has 1 saturated heterocycles. The van der Waals surface area contributed by atoms with Gasteiger partial charge >= 0.3 is 0 Å². The zero-order valence-corrected chi connectivity index (χ0v) is 20.2. The van der Waals surface area contributed by atoms with E-state index in [2.05, 4.69) is 5.32 Å². The summed E-state index contributed by atoms with van der Waals surface area (Å²) < 4.78 is 20.0. The second kappa shape index (κ2) is 10.1. The van der Waals surface area contributed by atoms with Crippen molar-refractivity contribution in [3.8, 4) is 5.75 Å². The fourth-order valence-corrected chi connectivity index (χ4v) is 4.32. The average molecular weight is 536 g/mol. The third-order valence-electron chi connectivity index (χ3n) is 4.86. The van der Waals surface area contributed by atoms with Gasteiger partial charge in [0, 0.05) is 10.6 Å². The second-order valence-electron chi connectivity index (χ2n) is 7.10. The Hall–Kier alpha value is -2.97. The Kier molecular flexibility index (Phi) is 7.19. The van der Waals surface area contributed by atoms with Crippen molar-refractivity contribution < 1.29 is 18.7 Å². The van der Waals surface area contributed by atoms with Crippen LogP contribution < -0.4 is 15.0 Å². The van der Waals surface area contributed by atoms with E-state index in [0.29, 0.717) is 10.6 Å². The SMILES string of the molecule is O=C1NC(=S)N(c2ccccc2F)C(=O)/C1=C/c1cc(Cl)c(OCc2ccccc2Cl)c(Cl)c1. The highest BCUT2D eigenvalue weighted by atomic mass is 35.5. The number of nitrogens with zero attached hydrogens (tertiary/aromatic N) is 1. The first-order chi connectivity index (χ1) is 16.3. The standard InChI is InChI=1S/C24H14Cl3FN2O3S/c25-16-6-2-1-5-14(16)12-33-21-17(26)10-13(11-18(21)27)9-15-22(31)29-24(34)30(23(15)32)20-8-4-3-7-19(20)28/h1-11H,12H2,(H,29,31,34)/b15-9+. The lowest BCUT2D eigenvalue weighted by Gasteiger charge is -2.29. The van der Waals surface area contributed by atoms with E-state index in [1.165, 1.54) is 36.4 Å². The molecule has 0 saturated carbocycles. The number of nitrogens with one attached hydrogen (secondary N) is 1. The number of halogens is 4. The van der Waals surface area contributed by atoms with Crippen LogP contribution in [0.15, 0.2) is 66.2 Å². The average Bonchev–Trinajstić information content (AvgIpc) is 2.78. The highest BCUT2D eigenvalue weighted by molar-refractivity contribution is 7.80. The molecule has 5 nitrogen and oxygen atoms in total. The van der Waals surface area contributed by atoms with Crippen LogP contribution in [0.4, 0.5) is 10.1 Å². The molecule has 0 aliphatic carbocycles. The molecular weight excluding hydrogens is 522 g/mol. The van der Waals surface area contributed by atoms with Crippen molar-refractivity contribution in [3.05, 3.63) is 98.2 Å². The minimum atomic E-state index is -0.787. The molecule has 0 bridgehead atoms. The molecule has 3 aromatic rings. The largest absolute Gasteiger partial charge is 0.486 e. The van der Waals surface area contributed by atoms with Gasteiger partial charge in [-0.15, -0.1) is 0 Å². The summed E-state index contributed by atoms with van der Waals surface area (Å²) in [6.07, 6.45) is 1.29. The first-order valence-electron chi connectivity index (χ1n) is 9.77. The molecule has 4 rings (SSSR count). The minimum Gasteiger partial charge on any atom is -0.486 e. The van der Waals surface area contributed by atoms with E-state index in [0.717, 1.165) is 10.5 Å². The molecular formula is C24H14Cl3FN2O3S. The van der Waals surface area contributed by atoms with E-state index in [4.69, 9.17) is 51.8 Å². The summed E-state index contributed by atoms with van der Waals surface area (Å²) in [4.78, 5) is 26.5. The normalized spacial score (nSPS) is 15.0. The molecule has 0 aromatic heterocycles. The van der Waals surface area contributed by atoms with Gasteiger partial charge in [0.25, 0.3) is 11.8 Å². The lowest BCUT2D eigenvalue weighted by atomic mass is 10.1. The topological polar surface area (TPSA) is 58.6 Å². The van der Waals surface area contributed by atoms with Crippen LogP contribution in [0.25, 0.3) is 6.08 Å². The van der Waals surface area contributed by atoms with Gasteiger partial charge in [-0.05, 0) is 54.2 Å². The number of carbonyl (C=O) groups excluding carboxylic acids is 2. The third-order valence-corrected chi connectivity index (χ3v) is 6.07. The fraction of sp³-hybridized carbons (Fsp3) is 0.0417. The molecule has 0 unspecified atom stereocenters. The fourth-order valence-electron chi connectivity index (χ4n) is 3.24. The molecule has 1 aliphatic rings. The van der Waals surface area contributed by atoms with Gasteiger partial charge in [0.05, 0.1) is 15.7 Å². The van der Waals surface area contributed by atoms with Crippen molar-refractivity contribution in [2.75, 3.05) is 4.90 Å². The number of hydrogen-bond donors (Lipinski definition) is 1. The number of benzene rings is 3. The Morgan fingerprint density at radius 3 is 2.29 bits per heavy atom. The lowest BCUT2D eigenvalue weighted by Crippen LogP contribution is -2.54. The lowest BCUT2D eigenvalue weighted by molar-refractivity contribution is -0.122. The number of anilines is 1. The monoisotopic (exact) mass is 534 g/mol. The van der Waals surface area contributed by atoms with E-state index in [9.17, 15) is 14.0 Å². The number of para-hydroxylation sites is 1. The first-order valence-corrected chi connectivity index (χ1v) is 11.3. The Labute approximate surface area is 214 Å². The van der Waals surface area contributed by atoms with Gasteiger partial charge in [-0.2, -0.15) is 0 Å². The van der Waals surface area contributed by atoms with Crippen molar-refractivity contribution >= 4 is 75.7 Å². The maximum absolute atomic E-state index is 14.3. The highest BCUT2D eigenvalue weighted by Crippen LogP contribution is 2.36. The van der Waals surface area contributed by atoms with Gasteiger partial charge in [-0.25, -0.2) is 9.29 Å². The van der Waals surface area contributed by atoms with E-state index < -0.39 is 17.6 Å². The molecule has 0 atom stereocenters. The van der Waals surface area contributed by atoms with E-state index in [-0.39, 0.29) is 38.8 Å². The molecule has 1 heterocycles. The summed E-state index contributed by atoms with van der Waals surface area (Å²) in [7, 11) is 0. The number of ether oxygens (including phenoxy) is 1. The van der Waals surface area contributed by atoms with Gasteiger partial charge in [0.15, 0.2) is 10.9 Å². The molecule has 10 heteroatoms. The van der Waals surface area contributed by atoms with Gasteiger partial charge < -0.3 is 4.74 Å². The van der Waals surface area contributed by atoms with Gasteiger partial charge in [-0.1, -0.05) is 65.1 Å². The summed E-state index contributed by atoms with van der Waals surface area (Å²) in [5, 5.41) is 3.04. The maximum Gasteiger partial charge on any atom is 0.270 e. The summed E-state index contributed by atoms with van der Waals surface area (Å²) in [6, 6.07) is 15.7. The van der Waals surface area contributed by atoms with Gasteiger partial charge in [-0.3, -0.25) is 14.9 Å². The van der Waals surface area contributed by atoms with Crippen molar-refractivity contribution in [2.24, 2.45) is 0 Å². The second-order valence-corrected chi connectivity index (χ2v) is 8.71. The Balaban J connectivity index is 1.63. The quantitative estimate of drug-likeness (QED) is 0.240. The summed E-state index contributed by atoms with van der Waals surface area (Å²) >= 11 is 24.0. The molecule has 34 heavy (non-hydrogen) atoms. The zero-order chi connectivity index (χ0) is 24.4. The maximum atomic E-state index is 14.3. The Morgan fingerprint density at radius 1 is 0.971 bits per heavy atom. The van der Waals surface area contributed by atoms with Crippen molar-refractivity contribution in [3.63, 3.8) is 0 Å². The minimum absolute atomic E-state index is 0.0808. The van der Waals surface area contributed by atoms with Crippen LogP contribution >= 0.6 is 47.0 Å². The molecule has 1 N–H and O–H groups in total. The molecule has 3 aromatic carbocycles. The van der Waals surface area contributed by atoms with Crippen molar-refractivity contribution in [1.29, 1.82) is 0 Å². The Morgan fingerprint density at radius 2 is 1.62 bits per heavy atom. The van der Waals surface area contributed by atoms with Crippen LogP contribution in [0.2, 0.25) is 15.1 Å². The van der Waals surface area contributed by atoms with E-state index in [1.807, 2.05) is 12.1 Å². The van der Waals surface area contributed by atoms with Crippen LogP contribution in [0.1, 0.15) is 11.1 Å². The number of amides is 2. The first kappa shape index (κ1) is 24.2. The van der Waals surface area contributed by atoms with E-state index in [1.54, 1.807) is 18.2 Å². The highest BCUT2D eigenvalue weighted by Gasteiger charge is 2.35. The van der Waals surface area contributed by atoms with Crippen molar-refractivity contribution in [1.82, 2.24) is 5.32 Å². The summed E-state index contributed by atoms with van der Waals surface area (Å²) in [5.74, 6) is -1.96. The number of carbonyl (C=O) groups is 2. The Bertz CT molecular complexity index is 1340.